The van der Waals surface area contributed by atoms with E-state index in [0.717, 1.165) is 26.2 Å². The van der Waals surface area contributed by atoms with Gasteiger partial charge in [0.25, 0.3) is 0 Å². The molecule has 1 fully saturated rings. The Bertz CT molecular complexity index is 505. The standard InChI is InChI=1S/C13H29N5O5S/c1-13(2,10-17(4)11-14-23-24(20,21)22)15-12(19)9-18-7-5-16(3)6-8-18/h14H,5-11H2,1-4H3,(H,15,19)(H,20,21,22). The molecule has 142 valence electrons. The maximum Gasteiger partial charge on any atom is 0.413 e. The zero-order valence-electron chi connectivity index (χ0n) is 14.8. The second kappa shape index (κ2) is 9.04. The Hall–Kier alpha value is -0.820. The number of carbonyl (C=O) groups is 1. The molecular weight excluding hydrogens is 338 g/mol. The molecule has 0 radical (unpaired) electrons. The molecule has 3 N–H and O–H groups in total. The van der Waals surface area contributed by atoms with Crippen LogP contribution < -0.4 is 10.8 Å². The Kier molecular flexibility index (Phi) is 7.99. The van der Waals surface area contributed by atoms with Gasteiger partial charge in [0, 0.05) is 38.3 Å². The molecule has 1 aliphatic rings. The minimum absolute atomic E-state index is 0.0416. The van der Waals surface area contributed by atoms with Gasteiger partial charge in [0.1, 0.15) is 0 Å². The molecule has 0 aromatic heterocycles. The second-order valence-corrected chi connectivity index (χ2v) is 7.86. The highest BCUT2D eigenvalue weighted by molar-refractivity contribution is 7.80. The molecule has 0 spiro atoms. The number of likely N-dealkylation sites (N-methyl/N-ethyl adjacent to an activating group) is 2. The van der Waals surface area contributed by atoms with Crippen LogP contribution in [0.1, 0.15) is 13.8 Å². The monoisotopic (exact) mass is 367 g/mol. The van der Waals surface area contributed by atoms with Crippen LogP contribution in [0.4, 0.5) is 0 Å². The number of nitrogens with one attached hydrogen (secondary N) is 2. The first kappa shape index (κ1) is 21.2. The van der Waals surface area contributed by atoms with Crippen molar-refractivity contribution in [3.8, 4) is 0 Å². The first-order valence-electron chi connectivity index (χ1n) is 7.76. The molecule has 0 aromatic rings. The maximum absolute atomic E-state index is 12.2. The molecule has 0 unspecified atom stereocenters. The Labute approximate surface area is 144 Å². The molecule has 0 saturated carbocycles. The van der Waals surface area contributed by atoms with E-state index >= 15 is 0 Å². The van der Waals surface area contributed by atoms with Crippen molar-refractivity contribution in [2.24, 2.45) is 0 Å². The zero-order valence-corrected chi connectivity index (χ0v) is 15.6. The van der Waals surface area contributed by atoms with Gasteiger partial charge < -0.3 is 10.2 Å². The van der Waals surface area contributed by atoms with Crippen LogP contribution in [0.5, 0.6) is 0 Å². The van der Waals surface area contributed by atoms with Crippen molar-refractivity contribution in [1.82, 2.24) is 25.5 Å². The topological polar surface area (TPSA) is 114 Å². The third-order valence-electron chi connectivity index (χ3n) is 3.60. The Morgan fingerprint density at radius 3 is 2.42 bits per heavy atom. The number of rotatable bonds is 9. The van der Waals surface area contributed by atoms with Crippen LogP contribution >= 0.6 is 0 Å². The summed E-state index contributed by atoms with van der Waals surface area (Å²) in [5.41, 5.74) is 1.63. The maximum atomic E-state index is 12.2. The molecule has 1 amide bonds. The lowest BCUT2D eigenvalue weighted by atomic mass is 10.1. The van der Waals surface area contributed by atoms with Gasteiger partial charge in [-0.2, -0.15) is 18.2 Å². The molecule has 1 heterocycles. The number of nitrogens with zero attached hydrogens (tertiary/aromatic N) is 3. The SMILES string of the molecule is CN1CCN(CC(=O)NC(C)(C)CN(C)CNOS(=O)(=O)O)CC1. The molecule has 0 atom stereocenters. The molecule has 1 aliphatic heterocycles. The molecule has 1 saturated heterocycles. The van der Waals surface area contributed by atoms with Crippen LogP contribution in [0.2, 0.25) is 0 Å². The number of amides is 1. The van der Waals surface area contributed by atoms with Crippen molar-refractivity contribution in [2.75, 3.05) is 60.0 Å². The van der Waals surface area contributed by atoms with E-state index in [-0.39, 0.29) is 12.6 Å². The van der Waals surface area contributed by atoms with Crippen molar-refractivity contribution in [3.63, 3.8) is 0 Å². The highest BCUT2D eigenvalue weighted by Crippen LogP contribution is 2.05. The lowest BCUT2D eigenvalue weighted by Gasteiger charge is -2.34. The summed E-state index contributed by atoms with van der Waals surface area (Å²) in [6.45, 7) is 8.33. The number of hydrogen-bond donors (Lipinski definition) is 3. The van der Waals surface area contributed by atoms with Crippen LogP contribution in [-0.2, 0) is 19.5 Å². The Morgan fingerprint density at radius 1 is 1.29 bits per heavy atom. The van der Waals surface area contributed by atoms with Crippen molar-refractivity contribution >= 4 is 16.3 Å². The summed E-state index contributed by atoms with van der Waals surface area (Å²) in [6, 6.07) is 0. The van der Waals surface area contributed by atoms with E-state index in [0.29, 0.717) is 13.1 Å². The quantitative estimate of drug-likeness (QED) is 0.250. The molecule has 0 aromatic carbocycles. The summed E-state index contributed by atoms with van der Waals surface area (Å²) in [5.74, 6) is -0.0416. The van der Waals surface area contributed by atoms with Gasteiger partial charge in [-0.3, -0.25) is 19.1 Å². The fraction of sp³-hybridized carbons (Fsp3) is 0.923. The van der Waals surface area contributed by atoms with Gasteiger partial charge in [-0.15, -0.1) is 0 Å². The van der Waals surface area contributed by atoms with Crippen molar-refractivity contribution in [2.45, 2.75) is 19.4 Å². The average molecular weight is 367 g/mol. The molecule has 1 rings (SSSR count). The van der Waals surface area contributed by atoms with Crippen LogP contribution in [0.3, 0.4) is 0 Å². The molecule has 10 nitrogen and oxygen atoms in total. The number of piperazine rings is 1. The van der Waals surface area contributed by atoms with Gasteiger partial charge in [-0.1, -0.05) is 0 Å². The van der Waals surface area contributed by atoms with E-state index in [9.17, 15) is 13.2 Å². The number of hydrogen-bond acceptors (Lipinski definition) is 8. The minimum Gasteiger partial charge on any atom is -0.349 e. The lowest BCUT2D eigenvalue weighted by molar-refractivity contribution is -0.124. The number of carbonyl (C=O) groups excluding carboxylic acids is 1. The Morgan fingerprint density at radius 2 is 1.88 bits per heavy atom. The Balaban J connectivity index is 2.32. The molecular formula is C13H29N5O5S. The predicted octanol–water partition coefficient (Wildman–Crippen LogP) is -1.66. The zero-order chi connectivity index (χ0) is 18.4. The van der Waals surface area contributed by atoms with Gasteiger partial charge in [0.05, 0.1) is 13.2 Å². The highest BCUT2D eigenvalue weighted by atomic mass is 32.3. The van der Waals surface area contributed by atoms with Gasteiger partial charge in [-0.05, 0) is 27.9 Å². The third-order valence-corrected chi connectivity index (χ3v) is 3.93. The fourth-order valence-corrected chi connectivity index (χ4v) is 2.81. The van der Waals surface area contributed by atoms with E-state index in [1.165, 1.54) is 0 Å². The van der Waals surface area contributed by atoms with Crippen molar-refractivity contribution < 1.29 is 22.0 Å². The summed E-state index contributed by atoms with van der Waals surface area (Å²) < 4.78 is 33.4. The molecule has 11 heteroatoms. The third kappa shape index (κ3) is 9.47. The smallest absolute Gasteiger partial charge is 0.349 e. The first-order chi connectivity index (χ1) is 11.0. The molecule has 24 heavy (non-hydrogen) atoms. The number of hydroxylamine groups is 1. The average Bonchev–Trinajstić information content (AvgIpc) is 2.38. The van der Waals surface area contributed by atoms with Crippen LogP contribution in [0.15, 0.2) is 0 Å². The summed E-state index contributed by atoms with van der Waals surface area (Å²) in [6.07, 6.45) is 0. The normalized spacial score (nSPS) is 18.1. The minimum atomic E-state index is -4.52. The fourth-order valence-electron chi connectivity index (χ4n) is 2.61. The summed E-state index contributed by atoms with van der Waals surface area (Å²) in [5, 5.41) is 2.98. The van der Waals surface area contributed by atoms with Gasteiger partial charge in [-0.25, -0.2) is 0 Å². The molecule has 0 bridgehead atoms. The first-order valence-corrected chi connectivity index (χ1v) is 9.12. The van der Waals surface area contributed by atoms with E-state index in [2.05, 4.69) is 31.9 Å². The lowest BCUT2D eigenvalue weighted by Crippen LogP contribution is -2.55. The van der Waals surface area contributed by atoms with E-state index in [4.69, 9.17) is 4.55 Å². The van der Waals surface area contributed by atoms with Gasteiger partial charge in [0.2, 0.25) is 5.91 Å². The van der Waals surface area contributed by atoms with E-state index in [1.54, 1.807) is 11.9 Å². The van der Waals surface area contributed by atoms with Crippen LogP contribution in [0.25, 0.3) is 0 Å². The van der Waals surface area contributed by atoms with Gasteiger partial charge in [0.15, 0.2) is 0 Å². The van der Waals surface area contributed by atoms with Crippen molar-refractivity contribution in [1.29, 1.82) is 0 Å². The van der Waals surface area contributed by atoms with Gasteiger partial charge >= 0.3 is 10.4 Å². The molecule has 0 aliphatic carbocycles. The summed E-state index contributed by atoms with van der Waals surface area (Å²) >= 11 is 0. The van der Waals surface area contributed by atoms with E-state index in [1.807, 2.05) is 13.8 Å². The van der Waals surface area contributed by atoms with Crippen molar-refractivity contribution in [3.05, 3.63) is 0 Å². The summed E-state index contributed by atoms with van der Waals surface area (Å²) in [4.78, 5) is 18.3. The predicted molar refractivity (Wildman–Crippen MR) is 89.4 cm³/mol. The second-order valence-electron chi connectivity index (χ2n) is 6.84. The largest absolute Gasteiger partial charge is 0.413 e. The van der Waals surface area contributed by atoms with Crippen LogP contribution in [-0.4, -0.2) is 99.1 Å². The van der Waals surface area contributed by atoms with E-state index < -0.39 is 15.9 Å². The highest BCUT2D eigenvalue weighted by Gasteiger charge is 2.24. The van der Waals surface area contributed by atoms with Crippen LogP contribution in [0, 0.1) is 0 Å². The summed E-state index contributed by atoms with van der Waals surface area (Å²) in [7, 11) is -0.723.